The number of anilines is 1. The van der Waals surface area contributed by atoms with Crippen molar-refractivity contribution in [2.24, 2.45) is 0 Å². The van der Waals surface area contributed by atoms with E-state index in [9.17, 15) is 0 Å². The van der Waals surface area contributed by atoms with Crippen molar-refractivity contribution in [3.63, 3.8) is 0 Å². The van der Waals surface area contributed by atoms with Crippen LogP contribution < -0.4 is 24.8 Å². The van der Waals surface area contributed by atoms with Gasteiger partial charge in [-0.25, -0.2) is 0 Å². The molecule has 0 fully saturated rings. The summed E-state index contributed by atoms with van der Waals surface area (Å²) in [4.78, 5) is 0. The molecule has 0 bridgehead atoms. The minimum absolute atomic E-state index is 0.504. The van der Waals surface area contributed by atoms with E-state index in [0.717, 1.165) is 22.7 Å². The molecule has 0 radical (unpaired) electrons. The minimum Gasteiger partial charge on any atom is -0.497 e. The van der Waals surface area contributed by atoms with E-state index >= 15 is 0 Å². The normalized spacial score (nSPS) is 9.96. The second-order valence-corrected chi connectivity index (χ2v) is 5.32. The molecule has 0 aromatic heterocycles. The first-order valence-electron chi connectivity index (χ1n) is 7.65. The molecule has 24 heavy (non-hydrogen) atoms. The van der Waals surface area contributed by atoms with Crippen LogP contribution in [0.5, 0.6) is 17.2 Å². The molecule has 2 N–H and O–H groups in total. The van der Waals surface area contributed by atoms with Gasteiger partial charge in [-0.3, -0.25) is 0 Å². The van der Waals surface area contributed by atoms with Gasteiger partial charge >= 0.3 is 0 Å². The number of benzene rings is 2. The Bertz CT molecular complexity index is 692. The average molecular weight is 346 g/mol. The second kappa shape index (κ2) is 8.98. The van der Waals surface area contributed by atoms with Gasteiger partial charge in [0.05, 0.1) is 26.5 Å². The number of hydrogen-bond acceptors (Lipinski definition) is 4. The van der Waals surface area contributed by atoms with Crippen LogP contribution >= 0.6 is 12.2 Å². The van der Waals surface area contributed by atoms with Crippen LogP contribution in [-0.4, -0.2) is 25.9 Å². The van der Waals surface area contributed by atoms with Gasteiger partial charge in [0.15, 0.2) is 5.11 Å². The highest BCUT2D eigenvalue weighted by Crippen LogP contribution is 2.29. The number of rotatable bonds is 7. The maximum absolute atomic E-state index is 5.61. The Morgan fingerprint density at radius 1 is 1.04 bits per heavy atom. The Hall–Kier alpha value is -2.47. The van der Waals surface area contributed by atoms with Gasteiger partial charge in [-0.1, -0.05) is 18.2 Å². The summed E-state index contributed by atoms with van der Waals surface area (Å²) < 4.78 is 16.2. The molecule has 128 valence electrons. The van der Waals surface area contributed by atoms with E-state index in [1.54, 1.807) is 20.3 Å². The third kappa shape index (κ3) is 4.76. The lowest BCUT2D eigenvalue weighted by atomic mass is 10.2. The highest BCUT2D eigenvalue weighted by Gasteiger charge is 2.08. The third-order valence-corrected chi connectivity index (χ3v) is 3.62. The highest BCUT2D eigenvalue weighted by atomic mass is 32.1. The number of nitrogens with one attached hydrogen (secondary N) is 2. The minimum atomic E-state index is 0.504. The number of thiocarbonyl (C=S) groups is 1. The first kappa shape index (κ1) is 17.9. The topological polar surface area (TPSA) is 51.8 Å². The molecule has 6 heteroatoms. The summed E-state index contributed by atoms with van der Waals surface area (Å²) >= 11 is 5.36. The van der Waals surface area contributed by atoms with Crippen molar-refractivity contribution in [3.8, 4) is 17.2 Å². The van der Waals surface area contributed by atoms with Crippen LogP contribution in [0, 0.1) is 0 Å². The molecular weight excluding hydrogens is 324 g/mol. The molecule has 5 nitrogen and oxygen atoms in total. The van der Waals surface area contributed by atoms with E-state index in [1.807, 2.05) is 43.3 Å². The lowest BCUT2D eigenvalue weighted by molar-refractivity contribution is 0.336. The van der Waals surface area contributed by atoms with Crippen LogP contribution in [0.4, 0.5) is 5.69 Å². The van der Waals surface area contributed by atoms with Gasteiger partial charge in [0, 0.05) is 18.2 Å². The van der Waals surface area contributed by atoms with Crippen LogP contribution in [0.15, 0.2) is 42.5 Å². The van der Waals surface area contributed by atoms with Crippen molar-refractivity contribution in [2.45, 2.75) is 13.5 Å². The van der Waals surface area contributed by atoms with E-state index in [2.05, 4.69) is 10.6 Å². The predicted octanol–water partition coefficient (Wildman–Crippen LogP) is 3.59. The largest absolute Gasteiger partial charge is 0.497 e. The Labute approximate surface area is 147 Å². The molecule has 0 atom stereocenters. The summed E-state index contributed by atoms with van der Waals surface area (Å²) in [5, 5.41) is 6.82. The van der Waals surface area contributed by atoms with Gasteiger partial charge in [0.2, 0.25) is 0 Å². The van der Waals surface area contributed by atoms with Crippen molar-refractivity contribution in [2.75, 3.05) is 26.1 Å². The summed E-state index contributed by atoms with van der Waals surface area (Å²) in [7, 11) is 3.22. The van der Waals surface area contributed by atoms with Crippen LogP contribution in [0.2, 0.25) is 0 Å². The fraction of sp³-hybridized carbons (Fsp3) is 0.278. The zero-order valence-electron chi connectivity index (χ0n) is 14.1. The number of ether oxygens (including phenoxy) is 3. The predicted molar refractivity (Wildman–Crippen MR) is 100 cm³/mol. The molecule has 0 aliphatic rings. The van der Waals surface area contributed by atoms with Crippen molar-refractivity contribution < 1.29 is 14.2 Å². The number of para-hydroxylation sites is 1. The van der Waals surface area contributed by atoms with E-state index in [4.69, 9.17) is 26.4 Å². The first-order valence-corrected chi connectivity index (χ1v) is 8.06. The summed E-state index contributed by atoms with van der Waals surface area (Å²) in [5.41, 5.74) is 1.82. The third-order valence-electron chi connectivity index (χ3n) is 3.37. The lowest BCUT2D eigenvalue weighted by Crippen LogP contribution is -2.28. The molecule has 2 rings (SSSR count). The maximum Gasteiger partial charge on any atom is 0.171 e. The van der Waals surface area contributed by atoms with Gasteiger partial charge < -0.3 is 24.8 Å². The molecule has 0 aliphatic heterocycles. The molecule has 0 aliphatic carbocycles. The van der Waals surface area contributed by atoms with Gasteiger partial charge in [0.25, 0.3) is 0 Å². The van der Waals surface area contributed by atoms with Crippen LogP contribution in [0.25, 0.3) is 0 Å². The van der Waals surface area contributed by atoms with Crippen LogP contribution in [0.1, 0.15) is 12.5 Å². The Morgan fingerprint density at radius 3 is 2.54 bits per heavy atom. The second-order valence-electron chi connectivity index (χ2n) is 4.91. The molecule has 0 saturated carbocycles. The Morgan fingerprint density at radius 2 is 1.83 bits per heavy atom. The molecule has 2 aromatic rings. The molecule has 0 heterocycles. The van der Waals surface area contributed by atoms with Crippen molar-refractivity contribution in [1.82, 2.24) is 5.32 Å². The molecule has 0 unspecified atom stereocenters. The van der Waals surface area contributed by atoms with E-state index in [1.165, 1.54) is 0 Å². The fourth-order valence-electron chi connectivity index (χ4n) is 2.19. The van der Waals surface area contributed by atoms with Crippen LogP contribution in [0.3, 0.4) is 0 Å². The van der Waals surface area contributed by atoms with E-state index < -0.39 is 0 Å². The Balaban J connectivity index is 1.99. The smallest absolute Gasteiger partial charge is 0.171 e. The average Bonchev–Trinajstić information content (AvgIpc) is 2.61. The number of methoxy groups -OCH3 is 2. The highest BCUT2D eigenvalue weighted by molar-refractivity contribution is 7.80. The maximum atomic E-state index is 5.61. The first-order chi connectivity index (χ1) is 11.7. The van der Waals surface area contributed by atoms with Gasteiger partial charge in [0.1, 0.15) is 17.2 Å². The standard InChI is InChI=1S/C18H22N2O3S/c1-4-23-16-8-6-5-7-13(16)12-19-18(24)20-15-10-9-14(21-2)11-17(15)22-3/h5-11H,4,12H2,1-3H3,(H2,19,20,24). The number of hydrogen-bond donors (Lipinski definition) is 2. The quantitative estimate of drug-likeness (QED) is 0.747. The van der Waals surface area contributed by atoms with Gasteiger partial charge in [-0.2, -0.15) is 0 Å². The molecular formula is C18H22N2O3S. The fourth-order valence-corrected chi connectivity index (χ4v) is 2.37. The SMILES string of the molecule is CCOc1ccccc1CNC(=S)Nc1ccc(OC)cc1OC. The van der Waals surface area contributed by atoms with Crippen molar-refractivity contribution in [1.29, 1.82) is 0 Å². The summed E-state index contributed by atoms with van der Waals surface area (Å²) in [5.74, 6) is 2.24. The van der Waals surface area contributed by atoms with Crippen molar-refractivity contribution >= 4 is 23.0 Å². The Kier molecular flexibility index (Phi) is 6.69. The zero-order valence-corrected chi connectivity index (χ0v) is 14.9. The van der Waals surface area contributed by atoms with Gasteiger partial charge in [-0.15, -0.1) is 0 Å². The monoisotopic (exact) mass is 346 g/mol. The molecule has 0 amide bonds. The zero-order chi connectivity index (χ0) is 17.4. The van der Waals surface area contributed by atoms with E-state index in [-0.39, 0.29) is 0 Å². The molecule has 0 spiro atoms. The van der Waals surface area contributed by atoms with E-state index in [0.29, 0.717) is 24.0 Å². The summed E-state index contributed by atoms with van der Waals surface area (Å²) in [6.07, 6.45) is 0. The van der Waals surface area contributed by atoms with Crippen molar-refractivity contribution in [3.05, 3.63) is 48.0 Å². The van der Waals surface area contributed by atoms with Crippen LogP contribution in [-0.2, 0) is 6.54 Å². The summed E-state index contributed by atoms with van der Waals surface area (Å²) in [6.45, 7) is 3.16. The summed E-state index contributed by atoms with van der Waals surface area (Å²) in [6, 6.07) is 13.4. The lowest BCUT2D eigenvalue weighted by Gasteiger charge is -2.15. The molecule has 2 aromatic carbocycles. The van der Waals surface area contributed by atoms with Gasteiger partial charge in [-0.05, 0) is 37.3 Å². The molecule has 0 saturated heterocycles.